The zero-order valence-electron chi connectivity index (χ0n) is 21.7. The largest absolute Gasteiger partial charge is 0.368 e. The predicted octanol–water partition coefficient (Wildman–Crippen LogP) is -1.21. The highest BCUT2D eigenvalue weighted by Gasteiger charge is 2.13. The zero-order valence-corrected chi connectivity index (χ0v) is 21.7. The van der Waals surface area contributed by atoms with Crippen LogP contribution in [0.5, 0.6) is 0 Å². The second-order valence-corrected chi connectivity index (χ2v) is 8.18. The summed E-state index contributed by atoms with van der Waals surface area (Å²) < 4.78 is 6.55. The second-order valence-electron chi connectivity index (χ2n) is 8.18. The van der Waals surface area contributed by atoms with Crippen molar-refractivity contribution in [2.24, 2.45) is 42.9 Å². The molecule has 0 aromatic carbocycles. The molecule has 0 aliphatic heterocycles. The van der Waals surface area contributed by atoms with E-state index in [1.54, 1.807) is 104 Å². The minimum atomic E-state index is 0.0796. The van der Waals surface area contributed by atoms with Gasteiger partial charge in [0.2, 0.25) is 23.8 Å². The first-order valence-corrected chi connectivity index (χ1v) is 12.3. The number of imidazole rings is 4. The Morgan fingerprint density at radius 2 is 0.850 bits per heavy atom. The average molecular weight is 549 g/mol. The van der Waals surface area contributed by atoms with Crippen LogP contribution in [-0.2, 0) is 0 Å². The third-order valence-corrected chi connectivity index (χ3v) is 5.32. The first-order chi connectivity index (χ1) is 19.5. The highest BCUT2D eigenvalue weighted by molar-refractivity contribution is 5.98. The van der Waals surface area contributed by atoms with Crippen LogP contribution in [0, 0.1) is 0 Å². The quantitative estimate of drug-likeness (QED) is 0.0992. The molecule has 0 atom stereocenters. The molecule has 0 saturated heterocycles. The molecular formula is C22H32N18. The average Bonchev–Trinajstić information content (AvgIpc) is 3.75. The minimum absolute atomic E-state index is 0.0796. The molecule has 0 saturated carbocycles. The highest BCUT2D eigenvalue weighted by Crippen LogP contribution is 2.02. The van der Waals surface area contributed by atoms with Crippen LogP contribution in [0.25, 0.3) is 0 Å². The lowest BCUT2D eigenvalue weighted by molar-refractivity contribution is 0.619. The number of hydrogen-bond donors (Lipinski definition) is 4. The Hall–Kier alpha value is -5.68. The summed E-state index contributed by atoms with van der Waals surface area (Å²) in [6.07, 6.45) is 23.2. The first-order valence-electron chi connectivity index (χ1n) is 12.3. The molecule has 8 N–H and O–H groups in total. The normalized spacial score (nSPS) is 13.1. The summed E-state index contributed by atoms with van der Waals surface area (Å²) in [5.41, 5.74) is 24.3. The van der Waals surface area contributed by atoms with Crippen LogP contribution >= 0.6 is 0 Å². The Morgan fingerprint density at radius 1 is 0.525 bits per heavy atom. The maximum Gasteiger partial charge on any atom is 0.239 e. The van der Waals surface area contributed by atoms with Gasteiger partial charge in [-0.3, -0.25) is 9.98 Å². The molecule has 0 aliphatic carbocycles. The van der Waals surface area contributed by atoms with Crippen molar-refractivity contribution in [1.82, 2.24) is 38.6 Å². The van der Waals surface area contributed by atoms with Crippen LogP contribution in [0.2, 0.25) is 0 Å². The van der Waals surface area contributed by atoms with Crippen LogP contribution in [-0.4, -0.2) is 75.6 Å². The van der Waals surface area contributed by atoms with Crippen LogP contribution < -0.4 is 33.2 Å². The van der Waals surface area contributed by atoms with Crippen molar-refractivity contribution < 1.29 is 0 Å². The third-order valence-electron chi connectivity index (χ3n) is 5.32. The van der Waals surface area contributed by atoms with E-state index in [0.29, 0.717) is 13.1 Å². The van der Waals surface area contributed by atoms with Crippen molar-refractivity contribution in [3.8, 4) is 0 Å². The van der Waals surface area contributed by atoms with Crippen LogP contribution in [0.1, 0.15) is 25.7 Å². The maximum atomic E-state index is 6.17. The van der Waals surface area contributed by atoms with Gasteiger partial charge in [-0.1, -0.05) is 12.8 Å². The molecule has 40 heavy (non-hydrogen) atoms. The minimum Gasteiger partial charge on any atom is -0.368 e. The molecule has 18 nitrogen and oxygen atoms in total. The number of nitrogens with zero attached hydrogens (tertiary/aromatic N) is 14. The van der Waals surface area contributed by atoms with E-state index in [1.165, 1.54) is 0 Å². The number of guanidine groups is 4. The van der Waals surface area contributed by atoms with Gasteiger partial charge in [-0.25, -0.2) is 38.6 Å². The molecule has 4 aromatic rings. The maximum absolute atomic E-state index is 6.17. The third kappa shape index (κ3) is 7.43. The monoisotopic (exact) mass is 548 g/mol. The molecule has 18 heteroatoms. The zero-order chi connectivity index (χ0) is 28.2. The van der Waals surface area contributed by atoms with Crippen LogP contribution in [0.4, 0.5) is 0 Å². The van der Waals surface area contributed by atoms with Gasteiger partial charge >= 0.3 is 0 Å². The topological polar surface area (TPSA) is 231 Å². The van der Waals surface area contributed by atoms with E-state index in [0.717, 1.165) is 25.7 Å². The molecule has 0 spiro atoms. The molecule has 0 fully saturated rings. The van der Waals surface area contributed by atoms with Crippen molar-refractivity contribution in [2.45, 2.75) is 25.7 Å². The van der Waals surface area contributed by atoms with Crippen molar-refractivity contribution in [2.75, 3.05) is 23.3 Å². The Kier molecular flexibility index (Phi) is 9.40. The van der Waals surface area contributed by atoms with E-state index in [2.05, 4.69) is 39.9 Å². The number of nitrogens with two attached hydrogens (primary N) is 4. The first kappa shape index (κ1) is 27.4. The molecule has 4 aromatic heterocycles. The van der Waals surface area contributed by atoms with Gasteiger partial charge in [0.05, 0.1) is 0 Å². The summed E-state index contributed by atoms with van der Waals surface area (Å²) in [5.74, 6) is 0.371. The summed E-state index contributed by atoms with van der Waals surface area (Å²) in [5, 5.41) is 3.08. The highest BCUT2D eigenvalue weighted by atomic mass is 15.8. The Labute approximate surface area is 229 Å². The lowest BCUT2D eigenvalue weighted by atomic mass is 10.2. The van der Waals surface area contributed by atoms with Crippen molar-refractivity contribution >= 4 is 23.8 Å². The van der Waals surface area contributed by atoms with Gasteiger partial charge in [-0.05, 0) is 12.8 Å². The van der Waals surface area contributed by atoms with E-state index in [4.69, 9.17) is 22.9 Å². The summed E-state index contributed by atoms with van der Waals surface area (Å²) in [6, 6.07) is 0. The molecule has 0 unspecified atom stereocenters. The number of unbranched alkanes of at least 4 members (excludes halogenated alkanes) is 3. The van der Waals surface area contributed by atoms with Crippen molar-refractivity contribution in [3.05, 3.63) is 74.9 Å². The molecule has 0 radical (unpaired) electrons. The second kappa shape index (κ2) is 13.7. The standard InChI is InChI=1S/C22H32N18/c23-19(33-21(25)39(35-11-7-27-15-35)36-12-8-28-16-36)31-5-3-1-2-4-6-32-20(24)34-22(26)40(37-13-9-29-17-37)38-14-10-30-18-38/h7-18H,1-6H2,(H4,23,25,31,33)(H4,24,26,32,34). The number of aromatic nitrogens is 8. The Balaban J connectivity index is 1.20. The molecule has 210 valence electrons. The summed E-state index contributed by atoms with van der Waals surface area (Å²) >= 11 is 0. The van der Waals surface area contributed by atoms with Gasteiger partial charge in [-0.2, -0.15) is 9.98 Å². The van der Waals surface area contributed by atoms with E-state index in [1.807, 2.05) is 0 Å². The Morgan fingerprint density at radius 3 is 1.12 bits per heavy atom. The van der Waals surface area contributed by atoms with E-state index in [-0.39, 0.29) is 23.8 Å². The smallest absolute Gasteiger partial charge is 0.239 e. The lowest BCUT2D eigenvalue weighted by Gasteiger charge is -2.23. The molecular weight excluding hydrogens is 516 g/mol. The van der Waals surface area contributed by atoms with Gasteiger partial charge < -0.3 is 22.9 Å². The summed E-state index contributed by atoms with van der Waals surface area (Å²) in [4.78, 5) is 33.2. The Bertz CT molecular complexity index is 1200. The van der Waals surface area contributed by atoms with Gasteiger partial charge in [-0.15, -0.1) is 10.2 Å². The van der Waals surface area contributed by atoms with Crippen LogP contribution in [0.15, 0.2) is 94.9 Å². The SMILES string of the molecule is NC(=NCCCCCCN=C(N)/N=C(\N)N(n1ccnc1)n1ccnc1)/N=C(\N)N(n1ccnc1)n1ccnc1. The molecule has 0 aliphatic rings. The van der Waals surface area contributed by atoms with Gasteiger partial charge in [0.15, 0.2) is 0 Å². The lowest BCUT2D eigenvalue weighted by Crippen LogP contribution is -2.48. The number of aliphatic imine (C=N–C) groups is 4. The van der Waals surface area contributed by atoms with Crippen molar-refractivity contribution in [3.63, 3.8) is 0 Å². The van der Waals surface area contributed by atoms with E-state index in [9.17, 15) is 0 Å². The molecule has 4 rings (SSSR count). The fourth-order valence-electron chi connectivity index (χ4n) is 3.53. The summed E-state index contributed by atoms with van der Waals surface area (Å²) in [7, 11) is 0. The van der Waals surface area contributed by atoms with Gasteiger partial charge in [0, 0.05) is 62.7 Å². The number of rotatable bonds is 11. The van der Waals surface area contributed by atoms with Crippen molar-refractivity contribution in [1.29, 1.82) is 0 Å². The van der Waals surface area contributed by atoms with E-state index >= 15 is 0 Å². The number of hydrogen-bond acceptors (Lipinski definition) is 6. The van der Waals surface area contributed by atoms with Gasteiger partial charge in [0.1, 0.15) is 25.3 Å². The fraction of sp³-hybridized carbons (Fsp3) is 0.273. The van der Waals surface area contributed by atoms with E-state index < -0.39 is 0 Å². The van der Waals surface area contributed by atoms with Gasteiger partial charge in [0.25, 0.3) is 0 Å². The molecule has 4 heterocycles. The molecule has 0 bridgehead atoms. The van der Waals surface area contributed by atoms with Crippen LogP contribution in [0.3, 0.4) is 0 Å². The summed E-state index contributed by atoms with van der Waals surface area (Å²) in [6.45, 7) is 1.03. The predicted molar refractivity (Wildman–Crippen MR) is 151 cm³/mol. The molecule has 0 amide bonds. The fourth-order valence-corrected chi connectivity index (χ4v) is 3.53.